The number of aromatic amines is 1. The van der Waals surface area contributed by atoms with Gasteiger partial charge in [0.05, 0.1) is 5.69 Å². The summed E-state index contributed by atoms with van der Waals surface area (Å²) in [5.74, 6) is 0. The molecule has 16 heavy (non-hydrogen) atoms. The largest absolute Gasteiger partial charge is 0.330 e. The number of rotatable bonds is 3. The van der Waals surface area contributed by atoms with E-state index in [0.29, 0.717) is 6.54 Å². The summed E-state index contributed by atoms with van der Waals surface area (Å²) in [5, 5.41) is 7.49. The van der Waals surface area contributed by atoms with Gasteiger partial charge in [0.25, 0.3) is 0 Å². The van der Waals surface area contributed by atoms with E-state index < -0.39 is 0 Å². The van der Waals surface area contributed by atoms with Crippen LogP contribution >= 0.6 is 0 Å². The van der Waals surface area contributed by atoms with E-state index in [2.05, 4.69) is 28.4 Å². The fourth-order valence-electron chi connectivity index (χ4n) is 2.08. The van der Waals surface area contributed by atoms with E-state index in [1.807, 2.05) is 18.2 Å². The van der Waals surface area contributed by atoms with Gasteiger partial charge in [0.2, 0.25) is 0 Å². The minimum absolute atomic E-state index is 0.194. The number of benzene rings is 1. The Bertz CT molecular complexity index is 483. The molecule has 1 fully saturated rings. The third kappa shape index (κ3) is 1.44. The van der Waals surface area contributed by atoms with E-state index in [1.165, 1.54) is 18.5 Å². The predicted octanol–water partition coefficient (Wildman–Crippen LogP) is 2.07. The summed E-state index contributed by atoms with van der Waals surface area (Å²) in [4.78, 5) is 0. The van der Waals surface area contributed by atoms with Gasteiger partial charge in [-0.2, -0.15) is 5.10 Å². The van der Waals surface area contributed by atoms with Gasteiger partial charge in [-0.3, -0.25) is 5.10 Å². The van der Waals surface area contributed by atoms with Crippen molar-refractivity contribution >= 4 is 0 Å². The zero-order chi connectivity index (χ0) is 11.0. The van der Waals surface area contributed by atoms with Crippen LogP contribution in [0.15, 0.2) is 36.4 Å². The quantitative estimate of drug-likeness (QED) is 0.820. The van der Waals surface area contributed by atoms with Crippen LogP contribution in [-0.4, -0.2) is 16.7 Å². The number of nitrogens with zero attached hydrogens (tertiary/aromatic N) is 1. The second-order valence-corrected chi connectivity index (χ2v) is 4.52. The van der Waals surface area contributed by atoms with Crippen LogP contribution in [0.25, 0.3) is 11.3 Å². The number of hydrogen-bond acceptors (Lipinski definition) is 2. The molecular weight excluding hydrogens is 198 g/mol. The van der Waals surface area contributed by atoms with Crippen molar-refractivity contribution in [1.82, 2.24) is 10.2 Å². The van der Waals surface area contributed by atoms with Gasteiger partial charge in [0.1, 0.15) is 0 Å². The summed E-state index contributed by atoms with van der Waals surface area (Å²) >= 11 is 0. The lowest BCUT2D eigenvalue weighted by molar-refractivity contribution is 0.674. The Hall–Kier alpha value is -1.61. The molecule has 0 aliphatic heterocycles. The van der Waals surface area contributed by atoms with Crippen molar-refractivity contribution in [2.75, 3.05) is 6.54 Å². The Labute approximate surface area is 94.7 Å². The molecule has 1 aromatic heterocycles. The Balaban J connectivity index is 1.94. The first-order valence-electron chi connectivity index (χ1n) is 5.65. The van der Waals surface area contributed by atoms with Crippen LogP contribution in [0.3, 0.4) is 0 Å². The van der Waals surface area contributed by atoms with Gasteiger partial charge in [-0.15, -0.1) is 0 Å². The molecule has 0 bridgehead atoms. The van der Waals surface area contributed by atoms with Crippen molar-refractivity contribution in [3.8, 4) is 11.3 Å². The lowest BCUT2D eigenvalue weighted by Gasteiger charge is -2.07. The summed E-state index contributed by atoms with van der Waals surface area (Å²) in [5.41, 5.74) is 9.34. The fraction of sp³-hybridized carbons (Fsp3) is 0.308. The van der Waals surface area contributed by atoms with Gasteiger partial charge < -0.3 is 5.73 Å². The van der Waals surface area contributed by atoms with Crippen LogP contribution in [-0.2, 0) is 5.41 Å². The highest BCUT2D eigenvalue weighted by Crippen LogP contribution is 2.46. The second-order valence-electron chi connectivity index (χ2n) is 4.52. The molecule has 0 spiro atoms. The number of H-pyrrole nitrogens is 1. The summed E-state index contributed by atoms with van der Waals surface area (Å²) in [6, 6.07) is 12.3. The monoisotopic (exact) mass is 213 g/mol. The molecule has 2 aromatic rings. The molecule has 0 amide bonds. The van der Waals surface area contributed by atoms with Gasteiger partial charge in [-0.05, 0) is 18.9 Å². The average molecular weight is 213 g/mol. The first kappa shape index (κ1) is 9.60. The maximum atomic E-state index is 5.80. The zero-order valence-electron chi connectivity index (χ0n) is 9.11. The fourth-order valence-corrected chi connectivity index (χ4v) is 2.08. The molecule has 1 heterocycles. The van der Waals surface area contributed by atoms with Crippen LogP contribution in [0.4, 0.5) is 0 Å². The van der Waals surface area contributed by atoms with Gasteiger partial charge in [0, 0.05) is 23.2 Å². The molecular formula is C13H15N3. The third-order valence-corrected chi connectivity index (χ3v) is 3.46. The van der Waals surface area contributed by atoms with Crippen molar-refractivity contribution in [1.29, 1.82) is 0 Å². The van der Waals surface area contributed by atoms with Gasteiger partial charge in [-0.1, -0.05) is 30.3 Å². The highest BCUT2D eigenvalue weighted by atomic mass is 15.1. The average Bonchev–Trinajstić information content (AvgIpc) is 3.00. The van der Waals surface area contributed by atoms with Crippen molar-refractivity contribution in [2.45, 2.75) is 18.3 Å². The van der Waals surface area contributed by atoms with Crippen molar-refractivity contribution < 1.29 is 0 Å². The maximum absolute atomic E-state index is 5.80. The summed E-state index contributed by atoms with van der Waals surface area (Å²) in [7, 11) is 0. The van der Waals surface area contributed by atoms with Crippen LogP contribution in [0.1, 0.15) is 18.5 Å². The number of hydrogen-bond donors (Lipinski definition) is 2. The van der Waals surface area contributed by atoms with Crippen molar-refractivity contribution in [3.05, 3.63) is 42.1 Å². The molecule has 1 aliphatic rings. The molecule has 3 N–H and O–H groups in total. The number of aromatic nitrogens is 2. The summed E-state index contributed by atoms with van der Waals surface area (Å²) < 4.78 is 0. The topological polar surface area (TPSA) is 54.7 Å². The summed E-state index contributed by atoms with van der Waals surface area (Å²) in [6.45, 7) is 0.712. The van der Waals surface area contributed by atoms with E-state index in [1.54, 1.807) is 0 Å². The molecule has 0 unspecified atom stereocenters. The smallest absolute Gasteiger partial charge is 0.0923 e. The molecule has 3 heteroatoms. The van der Waals surface area contributed by atoms with Crippen LogP contribution in [0.2, 0.25) is 0 Å². The third-order valence-electron chi connectivity index (χ3n) is 3.46. The van der Waals surface area contributed by atoms with Gasteiger partial charge in [0.15, 0.2) is 0 Å². The minimum atomic E-state index is 0.194. The Kier molecular flexibility index (Phi) is 2.07. The van der Waals surface area contributed by atoms with Gasteiger partial charge in [-0.25, -0.2) is 0 Å². The van der Waals surface area contributed by atoms with E-state index in [4.69, 9.17) is 5.73 Å². The molecule has 82 valence electrons. The molecule has 3 rings (SSSR count). The van der Waals surface area contributed by atoms with Gasteiger partial charge >= 0.3 is 0 Å². The highest BCUT2D eigenvalue weighted by Gasteiger charge is 2.44. The van der Waals surface area contributed by atoms with E-state index in [-0.39, 0.29) is 5.41 Å². The van der Waals surface area contributed by atoms with E-state index in [0.717, 1.165) is 11.3 Å². The van der Waals surface area contributed by atoms with Crippen molar-refractivity contribution in [2.24, 2.45) is 5.73 Å². The molecule has 0 atom stereocenters. The maximum Gasteiger partial charge on any atom is 0.0923 e. The first-order valence-corrected chi connectivity index (χ1v) is 5.65. The standard InChI is InChI=1S/C13H15N3/c14-9-13(6-7-13)12-8-11(15-16-12)10-4-2-1-3-5-10/h1-5,8H,6-7,9,14H2,(H,15,16). The van der Waals surface area contributed by atoms with Crippen LogP contribution in [0.5, 0.6) is 0 Å². The molecule has 1 aromatic carbocycles. The number of nitrogens with two attached hydrogens (primary N) is 1. The lowest BCUT2D eigenvalue weighted by Crippen LogP contribution is -2.19. The molecule has 1 saturated carbocycles. The Morgan fingerprint density at radius 2 is 2.00 bits per heavy atom. The lowest BCUT2D eigenvalue weighted by atomic mass is 10.0. The van der Waals surface area contributed by atoms with Crippen LogP contribution in [0, 0.1) is 0 Å². The molecule has 0 saturated heterocycles. The Morgan fingerprint density at radius 1 is 1.25 bits per heavy atom. The highest BCUT2D eigenvalue weighted by molar-refractivity contribution is 5.59. The minimum Gasteiger partial charge on any atom is -0.330 e. The number of nitrogens with one attached hydrogen (secondary N) is 1. The molecule has 3 nitrogen and oxygen atoms in total. The zero-order valence-corrected chi connectivity index (χ0v) is 9.11. The molecule has 0 radical (unpaired) electrons. The predicted molar refractivity (Wildman–Crippen MR) is 64.0 cm³/mol. The first-order chi connectivity index (χ1) is 7.84. The Morgan fingerprint density at radius 3 is 2.62 bits per heavy atom. The van der Waals surface area contributed by atoms with E-state index >= 15 is 0 Å². The van der Waals surface area contributed by atoms with Crippen molar-refractivity contribution in [3.63, 3.8) is 0 Å². The molecule has 1 aliphatic carbocycles. The van der Waals surface area contributed by atoms with Crippen LogP contribution < -0.4 is 5.73 Å². The summed E-state index contributed by atoms with van der Waals surface area (Å²) in [6.07, 6.45) is 2.36. The normalized spacial score (nSPS) is 17.3. The SMILES string of the molecule is NCC1(c2cc(-c3ccccc3)n[nH]2)CC1. The second kappa shape index (κ2) is 3.46. The van der Waals surface area contributed by atoms with E-state index in [9.17, 15) is 0 Å².